The average molecular weight is 417 g/mol. The van der Waals surface area contributed by atoms with E-state index in [1.54, 1.807) is 29.2 Å². The zero-order valence-corrected chi connectivity index (χ0v) is 15.8. The lowest BCUT2D eigenvalue weighted by atomic mass is 9.98. The number of morpholine rings is 1. The van der Waals surface area contributed by atoms with E-state index in [0.29, 0.717) is 39.3 Å². The summed E-state index contributed by atoms with van der Waals surface area (Å²) in [4.78, 5) is 14.7. The highest BCUT2D eigenvalue weighted by Gasteiger charge is 2.35. The van der Waals surface area contributed by atoms with Crippen LogP contribution in [0.25, 0.3) is 0 Å². The van der Waals surface area contributed by atoms with Crippen LogP contribution in [0.15, 0.2) is 33.6 Å². The molecule has 2 aliphatic heterocycles. The largest absolute Gasteiger partial charge is 0.378 e. The van der Waals surface area contributed by atoms with E-state index < -0.39 is 10.0 Å². The Bertz CT molecular complexity index is 704. The van der Waals surface area contributed by atoms with Gasteiger partial charge >= 0.3 is 0 Å². The second-order valence-corrected chi connectivity index (χ2v) is 8.95. The van der Waals surface area contributed by atoms with Crippen LogP contribution < -0.4 is 0 Å². The van der Waals surface area contributed by atoms with E-state index in [0.717, 1.165) is 10.9 Å². The summed E-state index contributed by atoms with van der Waals surface area (Å²) >= 11 is 3.31. The van der Waals surface area contributed by atoms with Crippen LogP contribution in [0.1, 0.15) is 12.8 Å². The Labute approximate surface area is 150 Å². The van der Waals surface area contributed by atoms with Crippen LogP contribution in [-0.2, 0) is 19.6 Å². The lowest BCUT2D eigenvalue weighted by molar-refractivity contribution is -0.140. The summed E-state index contributed by atoms with van der Waals surface area (Å²) in [6, 6.07) is 6.69. The lowest BCUT2D eigenvalue weighted by Gasteiger charge is -2.35. The van der Waals surface area contributed by atoms with Crippen LogP contribution in [0.3, 0.4) is 0 Å². The van der Waals surface area contributed by atoms with E-state index in [2.05, 4.69) is 15.9 Å². The third-order valence-electron chi connectivity index (χ3n) is 4.49. The summed E-state index contributed by atoms with van der Waals surface area (Å²) in [6.07, 6.45) is 1.44. The quantitative estimate of drug-likeness (QED) is 0.751. The van der Waals surface area contributed by atoms with Crippen molar-refractivity contribution in [3.8, 4) is 0 Å². The third-order valence-corrected chi connectivity index (χ3v) is 6.84. The minimum Gasteiger partial charge on any atom is -0.378 e. The van der Waals surface area contributed by atoms with E-state index in [4.69, 9.17) is 4.74 Å². The summed E-state index contributed by atoms with van der Waals surface area (Å²) in [5, 5.41) is 0. The van der Waals surface area contributed by atoms with E-state index in [-0.39, 0.29) is 23.3 Å². The van der Waals surface area contributed by atoms with Gasteiger partial charge in [0.15, 0.2) is 0 Å². The fourth-order valence-electron chi connectivity index (χ4n) is 3.18. The second-order valence-electron chi connectivity index (χ2n) is 6.10. The average Bonchev–Trinajstić information content (AvgIpc) is 2.62. The molecule has 1 amide bonds. The van der Waals surface area contributed by atoms with Crippen molar-refractivity contribution in [1.29, 1.82) is 0 Å². The van der Waals surface area contributed by atoms with E-state index in [1.807, 2.05) is 0 Å². The van der Waals surface area contributed by atoms with Crippen LogP contribution >= 0.6 is 15.9 Å². The Morgan fingerprint density at radius 1 is 1.21 bits per heavy atom. The fourth-order valence-corrected chi connectivity index (χ4v) is 5.30. The molecule has 3 rings (SSSR count). The number of amides is 1. The molecule has 1 aromatic rings. The van der Waals surface area contributed by atoms with Gasteiger partial charge in [0.1, 0.15) is 0 Å². The monoisotopic (exact) mass is 416 g/mol. The van der Waals surface area contributed by atoms with Crippen LogP contribution in [0.4, 0.5) is 0 Å². The molecule has 132 valence electrons. The van der Waals surface area contributed by atoms with Crippen molar-refractivity contribution in [3.05, 3.63) is 28.7 Å². The van der Waals surface area contributed by atoms with Gasteiger partial charge in [-0.1, -0.05) is 22.0 Å². The predicted octanol–water partition coefficient (Wildman–Crippen LogP) is 1.71. The standard InChI is InChI=1S/C16H21BrN2O4S/c17-14-4-1-5-15(11-14)24(21,22)19-6-2-3-13(12-19)16(20)18-7-9-23-10-8-18/h1,4-5,11,13H,2-3,6-10,12H2. The van der Waals surface area contributed by atoms with Crippen molar-refractivity contribution >= 4 is 31.9 Å². The summed E-state index contributed by atoms with van der Waals surface area (Å²) in [5.41, 5.74) is 0. The first kappa shape index (κ1) is 17.8. The Balaban J connectivity index is 1.74. The van der Waals surface area contributed by atoms with Gasteiger partial charge < -0.3 is 9.64 Å². The lowest BCUT2D eigenvalue weighted by Crippen LogP contribution is -2.49. The van der Waals surface area contributed by atoms with Gasteiger partial charge in [-0.3, -0.25) is 4.79 Å². The van der Waals surface area contributed by atoms with Gasteiger partial charge in [0.2, 0.25) is 15.9 Å². The molecule has 0 saturated carbocycles. The number of carbonyl (C=O) groups is 1. The molecule has 2 aliphatic rings. The first-order chi connectivity index (χ1) is 11.5. The number of sulfonamides is 1. The van der Waals surface area contributed by atoms with Crippen molar-refractivity contribution in [1.82, 2.24) is 9.21 Å². The summed E-state index contributed by atoms with van der Waals surface area (Å²) in [7, 11) is -3.57. The number of piperidine rings is 1. The van der Waals surface area contributed by atoms with Crippen LogP contribution in [0, 0.1) is 5.92 Å². The maximum absolute atomic E-state index is 12.8. The molecular weight excluding hydrogens is 396 g/mol. The van der Waals surface area contributed by atoms with Gasteiger partial charge in [-0.15, -0.1) is 0 Å². The zero-order chi connectivity index (χ0) is 17.2. The summed E-state index contributed by atoms with van der Waals surface area (Å²) in [6.45, 7) is 3.01. The molecule has 8 heteroatoms. The van der Waals surface area contributed by atoms with Crippen LogP contribution in [0.5, 0.6) is 0 Å². The molecule has 24 heavy (non-hydrogen) atoms. The van der Waals surface area contributed by atoms with E-state index in [1.165, 1.54) is 4.31 Å². The number of rotatable bonds is 3. The number of halogens is 1. The third kappa shape index (κ3) is 3.82. The molecule has 2 heterocycles. The highest BCUT2D eigenvalue weighted by atomic mass is 79.9. The van der Waals surface area contributed by atoms with Gasteiger partial charge in [0.05, 0.1) is 24.0 Å². The number of hydrogen-bond donors (Lipinski definition) is 0. The van der Waals surface area contributed by atoms with Crippen LogP contribution in [0.2, 0.25) is 0 Å². The smallest absolute Gasteiger partial charge is 0.243 e. The molecule has 1 atom stereocenters. The molecule has 0 aliphatic carbocycles. The molecule has 1 aromatic carbocycles. The fraction of sp³-hybridized carbons (Fsp3) is 0.562. The molecular formula is C16H21BrN2O4S. The minimum absolute atomic E-state index is 0.0486. The Hall–Kier alpha value is -0.960. The summed E-state index contributed by atoms with van der Waals surface area (Å²) in [5.74, 6) is -0.216. The van der Waals surface area contributed by atoms with Crippen molar-refractivity contribution in [2.45, 2.75) is 17.7 Å². The number of nitrogens with zero attached hydrogens (tertiary/aromatic N) is 2. The maximum Gasteiger partial charge on any atom is 0.243 e. The topological polar surface area (TPSA) is 66.9 Å². The number of hydrogen-bond acceptors (Lipinski definition) is 4. The maximum atomic E-state index is 12.8. The van der Waals surface area contributed by atoms with Gasteiger partial charge in [-0.2, -0.15) is 4.31 Å². The highest BCUT2D eigenvalue weighted by Crippen LogP contribution is 2.26. The van der Waals surface area contributed by atoms with Gasteiger partial charge in [0.25, 0.3) is 0 Å². The first-order valence-electron chi connectivity index (χ1n) is 8.11. The van der Waals surface area contributed by atoms with Gasteiger partial charge in [0, 0.05) is 30.7 Å². The van der Waals surface area contributed by atoms with Crippen molar-refractivity contribution in [2.24, 2.45) is 5.92 Å². The Morgan fingerprint density at radius 2 is 1.96 bits per heavy atom. The number of ether oxygens (including phenoxy) is 1. The van der Waals surface area contributed by atoms with Crippen molar-refractivity contribution in [3.63, 3.8) is 0 Å². The number of benzene rings is 1. The van der Waals surface area contributed by atoms with Gasteiger partial charge in [-0.25, -0.2) is 8.42 Å². The highest BCUT2D eigenvalue weighted by molar-refractivity contribution is 9.10. The van der Waals surface area contributed by atoms with E-state index >= 15 is 0 Å². The first-order valence-corrected chi connectivity index (χ1v) is 10.3. The molecule has 0 spiro atoms. The summed E-state index contributed by atoms with van der Waals surface area (Å²) < 4.78 is 33.1. The molecule has 0 aromatic heterocycles. The molecule has 2 fully saturated rings. The molecule has 0 N–H and O–H groups in total. The Kier molecular flexibility index (Phi) is 5.59. The number of carbonyl (C=O) groups excluding carboxylic acids is 1. The van der Waals surface area contributed by atoms with Crippen molar-refractivity contribution < 1.29 is 17.9 Å². The molecule has 6 nitrogen and oxygen atoms in total. The molecule has 0 radical (unpaired) electrons. The van der Waals surface area contributed by atoms with Gasteiger partial charge in [-0.05, 0) is 31.0 Å². The molecule has 2 saturated heterocycles. The van der Waals surface area contributed by atoms with Crippen LogP contribution in [-0.4, -0.2) is 62.9 Å². The minimum atomic E-state index is -3.57. The normalized spacial score (nSPS) is 23.2. The molecule has 0 bridgehead atoms. The molecule has 1 unspecified atom stereocenters. The zero-order valence-electron chi connectivity index (χ0n) is 13.4. The predicted molar refractivity (Wildman–Crippen MR) is 93.0 cm³/mol. The van der Waals surface area contributed by atoms with E-state index in [9.17, 15) is 13.2 Å². The Morgan fingerprint density at radius 3 is 2.67 bits per heavy atom. The van der Waals surface area contributed by atoms with Crippen molar-refractivity contribution in [2.75, 3.05) is 39.4 Å². The second kappa shape index (κ2) is 7.51. The SMILES string of the molecule is O=C(C1CCCN(S(=O)(=O)c2cccc(Br)c2)C1)N1CCOCC1.